The average Bonchev–Trinajstić information content (AvgIpc) is 3.05. The first-order valence-corrected chi connectivity index (χ1v) is 9.67. The van der Waals surface area contributed by atoms with E-state index in [1.54, 1.807) is 25.1 Å². The Labute approximate surface area is 151 Å². The highest BCUT2D eigenvalue weighted by Crippen LogP contribution is 2.31. The van der Waals surface area contributed by atoms with Crippen LogP contribution in [0.25, 0.3) is 0 Å². The smallest absolute Gasteiger partial charge is 0.243 e. The first kappa shape index (κ1) is 19.2. The molecule has 0 aliphatic carbocycles. The van der Waals surface area contributed by atoms with Gasteiger partial charge in [0.2, 0.25) is 11.8 Å². The van der Waals surface area contributed by atoms with Crippen LogP contribution in [-0.2, 0) is 19.4 Å². The molecule has 2 amide bonds. The van der Waals surface area contributed by atoms with Crippen LogP contribution in [0.1, 0.15) is 19.8 Å². The second kappa shape index (κ2) is 7.85. The molecule has 0 aromatic heterocycles. The van der Waals surface area contributed by atoms with Crippen molar-refractivity contribution < 1.29 is 18.0 Å². The topological polar surface area (TPSA) is 107 Å². The standard InChI is InChI=1S/C16H18ClN3O4S/c1-2-15(21)20-10-11(9-13(20)16(22)19-8-7-18)25(23,24)14-6-4-3-5-12(14)17/h3-6,11,13H,2,8-10H2,1H3,(H,19,22). The summed E-state index contributed by atoms with van der Waals surface area (Å²) in [5, 5.41) is 10.2. The van der Waals surface area contributed by atoms with Crippen LogP contribution in [0.4, 0.5) is 0 Å². The summed E-state index contributed by atoms with van der Waals surface area (Å²) in [4.78, 5) is 25.6. The van der Waals surface area contributed by atoms with E-state index in [9.17, 15) is 18.0 Å². The molecule has 1 aromatic rings. The first-order valence-electron chi connectivity index (χ1n) is 7.75. The molecule has 9 heteroatoms. The second-order valence-corrected chi connectivity index (χ2v) is 8.23. The Hall–Kier alpha value is -2.11. The SMILES string of the molecule is CCC(=O)N1CC(S(=O)(=O)c2ccccc2Cl)CC1C(=O)NCC#N. The molecule has 25 heavy (non-hydrogen) atoms. The van der Waals surface area contributed by atoms with Gasteiger partial charge in [0.15, 0.2) is 9.84 Å². The zero-order chi connectivity index (χ0) is 18.6. The molecule has 0 saturated carbocycles. The van der Waals surface area contributed by atoms with Crippen LogP contribution < -0.4 is 5.32 Å². The summed E-state index contributed by atoms with van der Waals surface area (Å²) in [6.45, 7) is 1.36. The second-order valence-electron chi connectivity index (χ2n) is 5.62. The van der Waals surface area contributed by atoms with Crippen molar-refractivity contribution in [2.24, 2.45) is 0 Å². The normalized spacial score (nSPS) is 20.1. The molecule has 1 N–H and O–H groups in total. The summed E-state index contributed by atoms with van der Waals surface area (Å²) in [6.07, 6.45) is 0.122. The van der Waals surface area contributed by atoms with Gasteiger partial charge in [0.05, 0.1) is 21.2 Å². The van der Waals surface area contributed by atoms with E-state index in [1.165, 1.54) is 17.0 Å². The average molecular weight is 384 g/mol. The third-order valence-corrected chi connectivity index (χ3v) is 6.74. The Morgan fingerprint density at radius 2 is 2.08 bits per heavy atom. The predicted octanol–water partition coefficient (Wildman–Crippen LogP) is 1.13. The van der Waals surface area contributed by atoms with Gasteiger partial charge in [-0.25, -0.2) is 8.42 Å². The van der Waals surface area contributed by atoms with Gasteiger partial charge >= 0.3 is 0 Å². The molecule has 2 rings (SSSR count). The number of rotatable bonds is 5. The molecule has 7 nitrogen and oxygen atoms in total. The van der Waals surface area contributed by atoms with Crippen LogP contribution in [-0.4, -0.2) is 49.5 Å². The maximum absolute atomic E-state index is 12.9. The van der Waals surface area contributed by atoms with E-state index in [0.29, 0.717) is 0 Å². The lowest BCUT2D eigenvalue weighted by molar-refractivity contribution is -0.138. The number of hydrogen-bond donors (Lipinski definition) is 1. The summed E-state index contributed by atoms with van der Waals surface area (Å²) in [7, 11) is -3.80. The summed E-state index contributed by atoms with van der Waals surface area (Å²) >= 11 is 6.01. The molecule has 1 aliphatic heterocycles. The molecule has 1 saturated heterocycles. The largest absolute Gasteiger partial charge is 0.341 e. The van der Waals surface area contributed by atoms with Crippen molar-refractivity contribution in [1.29, 1.82) is 5.26 Å². The van der Waals surface area contributed by atoms with Crippen LogP contribution >= 0.6 is 11.6 Å². The molecular weight excluding hydrogens is 366 g/mol. The highest BCUT2D eigenvalue weighted by atomic mass is 35.5. The van der Waals surface area contributed by atoms with E-state index in [2.05, 4.69) is 5.32 Å². The summed E-state index contributed by atoms with van der Waals surface area (Å²) in [6, 6.07) is 6.96. The lowest BCUT2D eigenvalue weighted by Crippen LogP contribution is -2.45. The van der Waals surface area contributed by atoms with Crippen molar-refractivity contribution in [3.63, 3.8) is 0 Å². The van der Waals surface area contributed by atoms with Crippen molar-refractivity contribution in [2.75, 3.05) is 13.1 Å². The molecule has 1 aromatic carbocycles. The van der Waals surface area contributed by atoms with Crippen LogP contribution in [0.5, 0.6) is 0 Å². The van der Waals surface area contributed by atoms with Crippen molar-refractivity contribution in [3.8, 4) is 6.07 Å². The molecule has 0 spiro atoms. The number of nitrogens with one attached hydrogen (secondary N) is 1. The Kier molecular flexibility index (Phi) is 6.03. The quantitative estimate of drug-likeness (QED) is 0.767. The van der Waals surface area contributed by atoms with E-state index >= 15 is 0 Å². The van der Waals surface area contributed by atoms with Gasteiger partial charge in [-0.3, -0.25) is 9.59 Å². The van der Waals surface area contributed by atoms with Gasteiger partial charge in [0.1, 0.15) is 12.6 Å². The minimum absolute atomic E-state index is 0.0105. The van der Waals surface area contributed by atoms with Crippen LogP contribution in [0.3, 0.4) is 0 Å². The molecule has 0 radical (unpaired) electrons. The molecule has 2 unspecified atom stereocenters. The van der Waals surface area contributed by atoms with E-state index in [-0.39, 0.29) is 41.8 Å². The van der Waals surface area contributed by atoms with Crippen LogP contribution in [0.2, 0.25) is 5.02 Å². The van der Waals surface area contributed by atoms with Crippen molar-refractivity contribution in [1.82, 2.24) is 10.2 Å². The Morgan fingerprint density at radius 3 is 2.68 bits per heavy atom. The number of carbonyl (C=O) groups excluding carboxylic acids is 2. The highest BCUT2D eigenvalue weighted by Gasteiger charge is 2.45. The zero-order valence-corrected chi connectivity index (χ0v) is 15.2. The van der Waals surface area contributed by atoms with Crippen molar-refractivity contribution >= 4 is 33.3 Å². The predicted molar refractivity (Wildman–Crippen MR) is 91.5 cm³/mol. The van der Waals surface area contributed by atoms with Crippen LogP contribution in [0.15, 0.2) is 29.2 Å². The number of halogens is 1. The molecule has 1 heterocycles. The van der Waals surface area contributed by atoms with Gasteiger partial charge in [-0.15, -0.1) is 0 Å². The number of likely N-dealkylation sites (tertiary alicyclic amines) is 1. The summed E-state index contributed by atoms with van der Waals surface area (Å²) < 4.78 is 25.8. The lowest BCUT2D eigenvalue weighted by atomic mass is 10.2. The van der Waals surface area contributed by atoms with Crippen molar-refractivity contribution in [3.05, 3.63) is 29.3 Å². The van der Waals surface area contributed by atoms with Gasteiger partial charge in [-0.2, -0.15) is 5.26 Å². The molecule has 1 aliphatic rings. The molecule has 1 fully saturated rings. The Bertz CT molecular complexity index is 819. The maximum Gasteiger partial charge on any atom is 0.243 e. The van der Waals surface area contributed by atoms with Gasteiger partial charge in [-0.05, 0) is 18.6 Å². The Morgan fingerprint density at radius 1 is 1.40 bits per heavy atom. The number of carbonyl (C=O) groups is 2. The molecule has 0 bridgehead atoms. The number of sulfone groups is 1. The van der Waals surface area contributed by atoms with Crippen molar-refractivity contribution in [2.45, 2.75) is 36.0 Å². The van der Waals surface area contributed by atoms with Gasteiger partial charge in [0.25, 0.3) is 0 Å². The van der Waals surface area contributed by atoms with E-state index < -0.39 is 27.0 Å². The lowest BCUT2D eigenvalue weighted by Gasteiger charge is -2.22. The minimum Gasteiger partial charge on any atom is -0.341 e. The minimum atomic E-state index is -3.80. The van der Waals surface area contributed by atoms with E-state index in [4.69, 9.17) is 16.9 Å². The first-order chi connectivity index (χ1) is 11.8. The number of amides is 2. The van der Waals surface area contributed by atoms with E-state index in [0.717, 1.165) is 0 Å². The monoisotopic (exact) mass is 383 g/mol. The van der Waals surface area contributed by atoms with Gasteiger partial charge < -0.3 is 10.2 Å². The fraction of sp³-hybridized carbons (Fsp3) is 0.438. The fourth-order valence-corrected chi connectivity index (χ4v) is 5.07. The Balaban J connectivity index is 2.32. The third kappa shape index (κ3) is 3.94. The third-order valence-electron chi connectivity index (χ3n) is 4.11. The highest BCUT2D eigenvalue weighted by molar-refractivity contribution is 7.92. The van der Waals surface area contributed by atoms with Gasteiger partial charge in [0, 0.05) is 13.0 Å². The summed E-state index contributed by atoms with van der Waals surface area (Å²) in [5.41, 5.74) is 0. The maximum atomic E-state index is 12.9. The van der Waals surface area contributed by atoms with Gasteiger partial charge in [-0.1, -0.05) is 30.7 Å². The molecule has 2 atom stereocenters. The number of benzene rings is 1. The number of nitrogens with zero attached hydrogens (tertiary/aromatic N) is 2. The van der Waals surface area contributed by atoms with Crippen LogP contribution in [0, 0.1) is 11.3 Å². The zero-order valence-electron chi connectivity index (χ0n) is 13.6. The fourth-order valence-electron chi connectivity index (χ4n) is 2.85. The molecular formula is C16H18ClN3O4S. The number of nitriles is 1. The van der Waals surface area contributed by atoms with E-state index in [1.807, 2.05) is 0 Å². The summed E-state index contributed by atoms with van der Waals surface area (Å²) in [5.74, 6) is -0.839. The number of hydrogen-bond acceptors (Lipinski definition) is 5. The molecule has 134 valence electrons.